The minimum Gasteiger partial charge on any atom is -0.207 e. The lowest BCUT2D eigenvalue weighted by Gasteiger charge is -2.58. The Hall–Kier alpha value is -0.140. The summed E-state index contributed by atoms with van der Waals surface area (Å²) >= 11 is 0. The van der Waals surface area contributed by atoms with E-state index < -0.39 is 5.92 Å². The van der Waals surface area contributed by atoms with E-state index >= 15 is 0 Å². The van der Waals surface area contributed by atoms with Crippen LogP contribution in [0.3, 0.4) is 0 Å². The van der Waals surface area contributed by atoms with Gasteiger partial charge in [0.25, 0.3) is 5.92 Å². The quantitative estimate of drug-likeness (QED) is 0.386. The molecule has 2 heteroatoms. The Kier molecular flexibility index (Phi) is 6.16. The van der Waals surface area contributed by atoms with Crippen molar-refractivity contribution in [3.63, 3.8) is 0 Å². The van der Waals surface area contributed by atoms with E-state index in [1.165, 1.54) is 64.2 Å². The number of halogens is 2. The van der Waals surface area contributed by atoms with Crippen LogP contribution in [-0.4, -0.2) is 5.92 Å². The minimum absolute atomic E-state index is 0.199. The molecule has 0 nitrogen and oxygen atoms in total. The molecule has 0 saturated heterocycles. The fraction of sp³-hybridized carbons (Fsp3) is 1.00. The van der Waals surface area contributed by atoms with Gasteiger partial charge in [-0.2, -0.15) is 0 Å². The highest BCUT2D eigenvalue weighted by Crippen LogP contribution is 2.64. The molecule has 0 heterocycles. The smallest absolute Gasteiger partial charge is 0.207 e. The first-order valence-electron chi connectivity index (χ1n) is 11.3. The molecule has 4 fully saturated rings. The van der Waals surface area contributed by atoms with Gasteiger partial charge in [0.2, 0.25) is 0 Å². The highest BCUT2D eigenvalue weighted by molar-refractivity contribution is 5.04. The maximum Gasteiger partial charge on any atom is 0.251 e. The molecular weight excluding hydrogens is 314 g/mol. The summed E-state index contributed by atoms with van der Waals surface area (Å²) in [6.45, 7) is 4.39. The molecule has 0 aromatic carbocycles. The molecule has 4 aliphatic carbocycles. The Morgan fingerprint density at radius 3 is 2.00 bits per heavy atom. The number of hydrogen-bond acceptors (Lipinski definition) is 0. The van der Waals surface area contributed by atoms with Gasteiger partial charge in [-0.1, -0.05) is 46.0 Å². The van der Waals surface area contributed by atoms with Gasteiger partial charge in [-0.3, -0.25) is 0 Å². The van der Waals surface area contributed by atoms with Crippen molar-refractivity contribution in [3.05, 3.63) is 0 Å². The first kappa shape index (κ1) is 19.6. The van der Waals surface area contributed by atoms with E-state index in [0.717, 1.165) is 32.1 Å². The van der Waals surface area contributed by atoms with Gasteiger partial charge in [-0.25, -0.2) is 8.78 Å². The third-order valence-electron chi connectivity index (χ3n) is 8.52. The molecule has 0 aromatic rings. The lowest BCUT2D eigenvalue weighted by atomic mass is 9.47. The van der Waals surface area contributed by atoms with Crippen molar-refractivity contribution in [2.75, 3.05) is 0 Å². The van der Waals surface area contributed by atoms with Crippen LogP contribution in [0.15, 0.2) is 0 Å². The van der Waals surface area contributed by atoms with Gasteiger partial charge in [0.05, 0.1) is 0 Å². The SMILES string of the molecule is CCCCCC12CCC(C3CCC(CCCC)C(F)(F)C3)(CC1)CC2. The number of rotatable bonds is 8. The summed E-state index contributed by atoms with van der Waals surface area (Å²) in [5.74, 6) is -2.44. The van der Waals surface area contributed by atoms with Crippen LogP contribution in [0.25, 0.3) is 0 Å². The van der Waals surface area contributed by atoms with E-state index in [1.54, 1.807) is 0 Å². The molecule has 0 aromatic heterocycles. The molecule has 2 bridgehead atoms. The Bertz CT molecular complexity index is 403. The zero-order valence-electron chi connectivity index (χ0n) is 16.7. The fourth-order valence-electron chi connectivity index (χ4n) is 6.57. The van der Waals surface area contributed by atoms with Crippen molar-refractivity contribution in [1.29, 1.82) is 0 Å². The first-order valence-corrected chi connectivity index (χ1v) is 11.3. The summed E-state index contributed by atoms with van der Waals surface area (Å²) in [6.07, 6.45) is 18.0. The molecule has 25 heavy (non-hydrogen) atoms. The summed E-state index contributed by atoms with van der Waals surface area (Å²) in [6, 6.07) is 0. The third-order valence-corrected chi connectivity index (χ3v) is 8.52. The molecular formula is C23H40F2. The second kappa shape index (κ2) is 7.85. The van der Waals surface area contributed by atoms with Crippen molar-refractivity contribution < 1.29 is 8.78 Å². The van der Waals surface area contributed by atoms with Gasteiger partial charge < -0.3 is 0 Å². The molecule has 4 rings (SSSR count). The van der Waals surface area contributed by atoms with Crippen LogP contribution < -0.4 is 0 Å². The molecule has 0 radical (unpaired) electrons. The fourth-order valence-corrected chi connectivity index (χ4v) is 6.57. The number of fused-ring (bicyclic) bond motifs is 3. The topological polar surface area (TPSA) is 0 Å². The summed E-state index contributed by atoms with van der Waals surface area (Å²) in [4.78, 5) is 0. The van der Waals surface area contributed by atoms with Gasteiger partial charge in [-0.15, -0.1) is 0 Å². The molecule has 146 valence electrons. The lowest BCUT2D eigenvalue weighted by Crippen LogP contribution is -2.49. The molecule has 2 unspecified atom stereocenters. The van der Waals surface area contributed by atoms with Gasteiger partial charge in [0.1, 0.15) is 0 Å². The molecule has 0 spiro atoms. The van der Waals surface area contributed by atoms with Crippen LogP contribution in [0.2, 0.25) is 0 Å². The second-order valence-electron chi connectivity index (χ2n) is 9.90. The highest BCUT2D eigenvalue weighted by atomic mass is 19.3. The normalized spacial score (nSPS) is 40.3. The van der Waals surface area contributed by atoms with Crippen molar-refractivity contribution in [1.82, 2.24) is 0 Å². The number of alkyl halides is 2. The summed E-state index contributed by atoms with van der Waals surface area (Å²) < 4.78 is 29.6. The number of hydrogen-bond donors (Lipinski definition) is 0. The highest BCUT2D eigenvalue weighted by Gasteiger charge is 2.55. The molecule has 0 N–H and O–H groups in total. The lowest BCUT2D eigenvalue weighted by molar-refractivity contribution is -0.148. The minimum atomic E-state index is -2.40. The predicted molar refractivity (Wildman–Crippen MR) is 102 cm³/mol. The van der Waals surface area contributed by atoms with E-state index in [0.29, 0.717) is 11.3 Å². The molecule has 4 aliphatic rings. The molecule has 0 aliphatic heterocycles. The Balaban J connectivity index is 1.57. The summed E-state index contributed by atoms with van der Waals surface area (Å²) in [5, 5.41) is 0. The van der Waals surface area contributed by atoms with E-state index in [1.807, 2.05) is 0 Å². The van der Waals surface area contributed by atoms with Crippen LogP contribution in [-0.2, 0) is 0 Å². The average Bonchev–Trinajstić information content (AvgIpc) is 2.62. The number of unbranched alkanes of at least 4 members (excludes halogenated alkanes) is 3. The van der Waals surface area contributed by atoms with E-state index in [4.69, 9.17) is 0 Å². The maximum absolute atomic E-state index is 14.8. The maximum atomic E-state index is 14.8. The van der Waals surface area contributed by atoms with E-state index in [2.05, 4.69) is 13.8 Å². The second-order valence-corrected chi connectivity index (χ2v) is 9.90. The molecule has 2 atom stereocenters. The molecule has 4 saturated carbocycles. The Morgan fingerprint density at radius 2 is 1.44 bits per heavy atom. The Labute approximate surface area is 154 Å². The van der Waals surface area contributed by atoms with E-state index in [9.17, 15) is 8.78 Å². The van der Waals surface area contributed by atoms with Crippen molar-refractivity contribution >= 4 is 0 Å². The monoisotopic (exact) mass is 354 g/mol. The summed E-state index contributed by atoms with van der Waals surface area (Å²) in [5.41, 5.74) is 0.878. The van der Waals surface area contributed by atoms with Crippen LogP contribution in [0.5, 0.6) is 0 Å². The Morgan fingerprint density at radius 1 is 0.800 bits per heavy atom. The summed E-state index contributed by atoms with van der Waals surface area (Å²) in [7, 11) is 0. The third kappa shape index (κ3) is 4.08. The average molecular weight is 355 g/mol. The first-order chi connectivity index (χ1) is 12.0. The zero-order chi connectivity index (χ0) is 18.0. The van der Waals surface area contributed by atoms with Crippen LogP contribution in [0.4, 0.5) is 8.78 Å². The van der Waals surface area contributed by atoms with Gasteiger partial charge in [-0.05, 0) is 81.0 Å². The van der Waals surface area contributed by atoms with Gasteiger partial charge >= 0.3 is 0 Å². The van der Waals surface area contributed by atoms with Crippen molar-refractivity contribution in [2.45, 2.75) is 123 Å². The van der Waals surface area contributed by atoms with Crippen LogP contribution >= 0.6 is 0 Å². The van der Waals surface area contributed by atoms with Crippen molar-refractivity contribution in [3.8, 4) is 0 Å². The zero-order valence-corrected chi connectivity index (χ0v) is 16.7. The van der Waals surface area contributed by atoms with Gasteiger partial charge in [0, 0.05) is 12.3 Å². The molecule has 0 amide bonds. The standard InChI is InChI=1S/C23H40F2/c1-3-5-7-11-21-12-15-22(16-13-21,17-14-21)20-10-9-19(8-6-4-2)23(24,25)18-20/h19-20H,3-18H2,1-2H3. The van der Waals surface area contributed by atoms with Crippen LogP contribution in [0.1, 0.15) is 117 Å². The van der Waals surface area contributed by atoms with Crippen LogP contribution in [0, 0.1) is 22.7 Å². The predicted octanol–water partition coefficient (Wildman–Crippen LogP) is 8.15. The van der Waals surface area contributed by atoms with Gasteiger partial charge in [0.15, 0.2) is 0 Å². The van der Waals surface area contributed by atoms with E-state index in [-0.39, 0.29) is 17.8 Å². The van der Waals surface area contributed by atoms with Crippen molar-refractivity contribution in [2.24, 2.45) is 22.7 Å². The largest absolute Gasteiger partial charge is 0.251 e.